The maximum atomic E-state index is 13.6. The molecule has 4 heterocycles. The second-order valence-corrected chi connectivity index (χ2v) is 14.1. The summed E-state index contributed by atoms with van der Waals surface area (Å²) in [4.78, 5) is 99.0. The molecule has 3 aliphatic rings. The minimum Gasteiger partial charge on any atom is -0.504 e. The standard InChI is InChI=1S/C27H27ClN8O12S2/c1-26(2,22(43)44)48-33-14(11-8-49-24(29)30-11)18(40)31-15-20(42)34-9-27(23(45)46,50-21(15)34)35-6-3-7-36(25(35)47)32-19(41)16(38)10-4-5-12(37)17(39)13(10)28/h4-5,8,15,21,37,39H,3,6-7,9H2,1-2H3,(H2,29,30)(H,31,40)(H,32,41)(H,43,44)(H,45,46)/b33-14-/t15?,21-,27?/m1/s1. The van der Waals surface area contributed by atoms with E-state index in [0.29, 0.717) is 11.8 Å². The first-order valence-corrected chi connectivity index (χ1v) is 16.4. The van der Waals surface area contributed by atoms with E-state index in [9.17, 15) is 54.0 Å². The van der Waals surface area contributed by atoms with Gasteiger partial charge >= 0.3 is 23.9 Å². The van der Waals surface area contributed by atoms with Crippen molar-refractivity contribution in [3.8, 4) is 11.5 Å². The van der Waals surface area contributed by atoms with E-state index in [1.807, 2.05) is 0 Å². The number of halogens is 1. The Labute approximate surface area is 293 Å². The Kier molecular flexibility index (Phi) is 9.47. The molecule has 0 aliphatic carbocycles. The molecule has 8 N–H and O–H groups in total. The minimum atomic E-state index is -2.09. The van der Waals surface area contributed by atoms with Gasteiger partial charge in [-0.05, 0) is 32.4 Å². The number of aliphatic carboxylic acids is 2. The second-order valence-electron chi connectivity index (χ2n) is 11.4. The molecular formula is C27H27ClN8O12S2. The van der Waals surface area contributed by atoms with Gasteiger partial charge in [0.2, 0.25) is 16.4 Å². The van der Waals surface area contributed by atoms with Crippen LogP contribution in [0, 0.1) is 0 Å². The Morgan fingerprint density at radius 1 is 1.14 bits per heavy atom. The lowest BCUT2D eigenvalue weighted by Crippen LogP contribution is -2.68. The molecule has 3 fully saturated rings. The van der Waals surface area contributed by atoms with E-state index in [-0.39, 0.29) is 30.3 Å². The molecule has 0 radical (unpaired) electrons. The van der Waals surface area contributed by atoms with Gasteiger partial charge in [-0.2, -0.15) is 0 Å². The highest BCUT2D eigenvalue weighted by molar-refractivity contribution is 8.02. The van der Waals surface area contributed by atoms with E-state index in [1.165, 1.54) is 19.2 Å². The molecule has 50 heavy (non-hydrogen) atoms. The lowest BCUT2D eigenvalue weighted by atomic mass is 10.0. The highest BCUT2D eigenvalue weighted by Gasteiger charge is 2.66. The number of anilines is 1. The predicted octanol–water partition coefficient (Wildman–Crippen LogP) is -0.404. The summed E-state index contributed by atoms with van der Waals surface area (Å²) in [7, 11) is 0. The quantitative estimate of drug-likeness (QED) is 0.0383. The van der Waals surface area contributed by atoms with Crippen molar-refractivity contribution in [1.29, 1.82) is 0 Å². The Balaban J connectivity index is 1.32. The number of aromatic hydroxyl groups is 2. The molecular weight excluding hydrogens is 728 g/mol. The number of carbonyl (C=O) groups is 7. The van der Waals surface area contributed by atoms with Crippen molar-refractivity contribution in [3.05, 3.63) is 33.8 Å². The number of thioether (sulfide) groups is 1. The van der Waals surface area contributed by atoms with E-state index in [0.717, 1.165) is 38.3 Å². The lowest BCUT2D eigenvalue weighted by Gasteiger charge is -2.42. The zero-order valence-corrected chi connectivity index (χ0v) is 28.2. The van der Waals surface area contributed by atoms with Crippen molar-refractivity contribution in [1.82, 2.24) is 30.5 Å². The first kappa shape index (κ1) is 35.9. The summed E-state index contributed by atoms with van der Waals surface area (Å²) in [6.45, 7) is 1.61. The normalized spacial score (nSPS) is 22.1. The van der Waals surface area contributed by atoms with Crippen LogP contribution in [0.4, 0.5) is 9.93 Å². The SMILES string of the molecule is CC(C)(O/N=C(\C(=O)NC1C(=O)N2CC(C(=O)O)(N3CCCN(NC(=O)C(=O)c4ccc(O)c(O)c4Cl)C3=O)S[C@H]12)c1csc(N)n1)C(=O)O. The number of hydrazine groups is 1. The Morgan fingerprint density at radius 3 is 2.46 bits per heavy atom. The van der Waals surface area contributed by atoms with Gasteiger partial charge in [-0.3, -0.25) is 29.5 Å². The number of nitrogens with one attached hydrogen (secondary N) is 2. The maximum absolute atomic E-state index is 13.6. The molecule has 5 amide bonds. The highest BCUT2D eigenvalue weighted by atomic mass is 35.5. The molecule has 1 aromatic heterocycles. The average Bonchev–Trinajstić information content (AvgIpc) is 3.65. The molecule has 2 aromatic rings. The fourth-order valence-corrected chi connectivity index (χ4v) is 7.43. The van der Waals surface area contributed by atoms with E-state index < -0.39 is 97.7 Å². The summed E-state index contributed by atoms with van der Waals surface area (Å²) in [5, 5.41) is 45.8. The van der Waals surface area contributed by atoms with E-state index >= 15 is 0 Å². The van der Waals surface area contributed by atoms with Crippen LogP contribution in [0.2, 0.25) is 5.02 Å². The summed E-state index contributed by atoms with van der Waals surface area (Å²) in [6.07, 6.45) is 0.124. The number of carboxylic acids is 2. The average molecular weight is 755 g/mol. The van der Waals surface area contributed by atoms with Crippen LogP contribution in [0.5, 0.6) is 11.5 Å². The summed E-state index contributed by atoms with van der Waals surface area (Å²) in [6, 6.07) is -0.418. The number of thiazole rings is 1. The molecule has 0 spiro atoms. The number of nitrogen functional groups attached to an aromatic ring is 1. The topological polar surface area (TPSA) is 295 Å². The summed E-state index contributed by atoms with van der Waals surface area (Å²) >= 11 is 7.51. The molecule has 20 nitrogen and oxygen atoms in total. The third-order valence-corrected chi connectivity index (χ3v) is 10.5. The number of amides is 5. The number of fused-ring (bicyclic) bond motifs is 1. The smallest absolute Gasteiger partial charge is 0.350 e. The fraction of sp³-hybridized carbons (Fsp3) is 0.370. The fourth-order valence-electron chi connectivity index (χ4n) is 5.00. The lowest BCUT2D eigenvalue weighted by molar-refractivity contribution is -0.161. The summed E-state index contributed by atoms with van der Waals surface area (Å²) in [5.74, 6) is -8.72. The van der Waals surface area contributed by atoms with Crippen molar-refractivity contribution in [3.63, 3.8) is 0 Å². The first-order valence-electron chi connectivity index (χ1n) is 14.3. The van der Waals surface area contributed by atoms with Gasteiger partial charge in [0.1, 0.15) is 17.1 Å². The molecule has 0 bridgehead atoms. The maximum Gasteiger partial charge on any atom is 0.350 e. The van der Waals surface area contributed by atoms with Gasteiger partial charge in [-0.1, -0.05) is 28.5 Å². The van der Waals surface area contributed by atoms with Crippen molar-refractivity contribution in [2.45, 2.75) is 42.2 Å². The third kappa shape index (κ3) is 6.27. The van der Waals surface area contributed by atoms with Crippen molar-refractivity contribution in [2.75, 3.05) is 25.4 Å². The molecule has 23 heteroatoms. The number of hydrogen-bond donors (Lipinski definition) is 7. The Morgan fingerprint density at radius 2 is 1.84 bits per heavy atom. The highest BCUT2D eigenvalue weighted by Crippen LogP contribution is 2.49. The number of benzene rings is 1. The molecule has 0 saturated carbocycles. The first-order chi connectivity index (χ1) is 23.4. The summed E-state index contributed by atoms with van der Waals surface area (Å²) in [5.41, 5.74) is 4.86. The number of β-lactam (4-membered cyclic amide) rings is 1. The number of phenolic OH excluding ortho intramolecular Hbond substituents is 2. The number of nitrogens with zero attached hydrogens (tertiary/aromatic N) is 5. The van der Waals surface area contributed by atoms with Crippen LogP contribution >= 0.6 is 34.7 Å². The van der Waals surface area contributed by atoms with E-state index in [2.05, 4.69) is 20.9 Å². The molecule has 3 aliphatic heterocycles. The number of ketones is 1. The van der Waals surface area contributed by atoms with Gasteiger partial charge in [0.25, 0.3) is 11.7 Å². The molecule has 3 saturated heterocycles. The van der Waals surface area contributed by atoms with Gasteiger partial charge in [-0.15, -0.1) is 11.3 Å². The Bertz CT molecular complexity index is 1870. The molecule has 2 unspecified atom stereocenters. The number of carboxylic acid groups (broad SMARTS) is 2. The molecule has 3 atom stereocenters. The largest absolute Gasteiger partial charge is 0.504 e. The molecule has 1 aromatic carbocycles. The minimum absolute atomic E-state index is 0.0470. The van der Waals surface area contributed by atoms with Gasteiger partial charge in [-0.25, -0.2) is 24.4 Å². The molecule has 5 rings (SSSR count). The van der Waals surface area contributed by atoms with Crippen LogP contribution in [-0.2, 0) is 28.8 Å². The monoisotopic (exact) mass is 754 g/mol. The van der Waals surface area contributed by atoms with Crippen LogP contribution in [-0.4, -0.2) is 129 Å². The third-order valence-electron chi connectivity index (χ3n) is 7.77. The van der Waals surface area contributed by atoms with Crippen LogP contribution < -0.4 is 16.5 Å². The zero-order chi connectivity index (χ0) is 36.9. The number of phenols is 2. The van der Waals surface area contributed by atoms with Crippen molar-refractivity contribution >= 4 is 87.0 Å². The van der Waals surface area contributed by atoms with Crippen LogP contribution in [0.3, 0.4) is 0 Å². The van der Waals surface area contributed by atoms with Crippen LogP contribution in [0.25, 0.3) is 0 Å². The van der Waals surface area contributed by atoms with Gasteiger partial charge in [0, 0.05) is 18.5 Å². The zero-order valence-electron chi connectivity index (χ0n) is 25.8. The van der Waals surface area contributed by atoms with Crippen molar-refractivity contribution < 1.29 is 58.8 Å². The number of carbonyl (C=O) groups excluding carboxylic acids is 5. The second kappa shape index (κ2) is 13.2. The van der Waals surface area contributed by atoms with Gasteiger partial charge in [0.15, 0.2) is 22.3 Å². The number of nitrogens with two attached hydrogens (primary N) is 1. The van der Waals surface area contributed by atoms with Gasteiger partial charge < -0.3 is 41.2 Å². The number of aromatic nitrogens is 1. The predicted molar refractivity (Wildman–Crippen MR) is 172 cm³/mol. The van der Waals surface area contributed by atoms with Crippen LogP contribution in [0.1, 0.15) is 36.3 Å². The molecule has 266 valence electrons. The van der Waals surface area contributed by atoms with Crippen molar-refractivity contribution in [2.24, 2.45) is 5.16 Å². The number of rotatable bonds is 11. The van der Waals surface area contributed by atoms with E-state index in [1.54, 1.807) is 0 Å². The van der Waals surface area contributed by atoms with Crippen LogP contribution in [0.15, 0.2) is 22.7 Å². The Hall–Kier alpha value is -5.35. The van der Waals surface area contributed by atoms with E-state index in [4.69, 9.17) is 22.2 Å². The van der Waals surface area contributed by atoms with Gasteiger partial charge in [0.05, 0.1) is 17.1 Å². The number of Topliss-reactive ketones (excluding diaryl/α,β-unsaturated/α-hetero) is 1. The number of urea groups is 1. The number of hydrogen-bond acceptors (Lipinski definition) is 15. The number of oxime groups is 1. The summed E-state index contributed by atoms with van der Waals surface area (Å²) < 4.78 is 0.